The van der Waals surface area contributed by atoms with Crippen LogP contribution >= 0.6 is 11.8 Å². The van der Waals surface area contributed by atoms with Crippen LogP contribution in [-0.4, -0.2) is 45.5 Å². The molecule has 0 unspecified atom stereocenters. The highest BCUT2D eigenvalue weighted by atomic mass is 32.2. The number of benzene rings is 2. The summed E-state index contributed by atoms with van der Waals surface area (Å²) in [5.41, 5.74) is 3.29. The maximum absolute atomic E-state index is 12.9. The standard InChI is InChI=1S/C21H23N5O2S/c1-3-15-8-5-7-11-18(15)24-19(27)12-26(2)20(28)17-10-6-4-9-16(17)13-29-21-22-14-23-25-21/h4-11,14H,3,12-13H2,1-2H3,(H,24,27)(H,22,23,25). The fourth-order valence-corrected chi connectivity index (χ4v) is 3.68. The summed E-state index contributed by atoms with van der Waals surface area (Å²) in [7, 11) is 1.63. The summed E-state index contributed by atoms with van der Waals surface area (Å²) in [4.78, 5) is 30.9. The molecule has 0 spiro atoms. The van der Waals surface area contributed by atoms with Crippen LogP contribution in [0.15, 0.2) is 60.0 Å². The molecule has 3 rings (SSSR count). The lowest BCUT2D eigenvalue weighted by Gasteiger charge is -2.19. The number of likely N-dealkylation sites (N-methyl/N-ethyl adjacent to an activating group) is 1. The molecule has 2 amide bonds. The van der Waals surface area contributed by atoms with Crippen LogP contribution in [0.25, 0.3) is 0 Å². The first kappa shape index (κ1) is 20.6. The van der Waals surface area contributed by atoms with Crippen molar-refractivity contribution in [2.24, 2.45) is 0 Å². The summed E-state index contributed by atoms with van der Waals surface area (Å²) in [5, 5.41) is 10.2. The van der Waals surface area contributed by atoms with Crippen LogP contribution < -0.4 is 5.32 Å². The molecule has 29 heavy (non-hydrogen) atoms. The van der Waals surface area contributed by atoms with Gasteiger partial charge in [-0.3, -0.25) is 14.7 Å². The third-order valence-corrected chi connectivity index (χ3v) is 5.33. The van der Waals surface area contributed by atoms with Crippen molar-refractivity contribution in [3.05, 3.63) is 71.5 Å². The number of aryl methyl sites for hydroxylation is 1. The van der Waals surface area contributed by atoms with E-state index in [-0.39, 0.29) is 18.4 Å². The first-order valence-electron chi connectivity index (χ1n) is 9.27. The van der Waals surface area contributed by atoms with Gasteiger partial charge in [0.2, 0.25) is 5.91 Å². The van der Waals surface area contributed by atoms with Gasteiger partial charge in [-0.05, 0) is 29.7 Å². The van der Waals surface area contributed by atoms with Crippen LogP contribution in [0.5, 0.6) is 0 Å². The molecule has 0 aliphatic rings. The summed E-state index contributed by atoms with van der Waals surface area (Å²) in [6.45, 7) is 2.01. The quantitative estimate of drug-likeness (QED) is 0.557. The number of hydrogen-bond acceptors (Lipinski definition) is 5. The van der Waals surface area contributed by atoms with Gasteiger partial charge in [0.15, 0.2) is 5.16 Å². The number of rotatable bonds is 8. The van der Waals surface area contributed by atoms with Gasteiger partial charge in [0, 0.05) is 24.1 Å². The van der Waals surface area contributed by atoms with Crippen molar-refractivity contribution in [1.29, 1.82) is 0 Å². The Balaban J connectivity index is 1.64. The number of H-pyrrole nitrogens is 1. The minimum atomic E-state index is -0.227. The average molecular weight is 410 g/mol. The minimum Gasteiger partial charge on any atom is -0.332 e. The first-order valence-corrected chi connectivity index (χ1v) is 10.3. The topological polar surface area (TPSA) is 91.0 Å². The van der Waals surface area contributed by atoms with E-state index in [9.17, 15) is 9.59 Å². The van der Waals surface area contributed by atoms with Crippen molar-refractivity contribution in [1.82, 2.24) is 20.1 Å². The molecule has 8 heteroatoms. The van der Waals surface area contributed by atoms with Crippen molar-refractivity contribution in [2.75, 3.05) is 18.9 Å². The lowest BCUT2D eigenvalue weighted by atomic mass is 10.1. The lowest BCUT2D eigenvalue weighted by molar-refractivity contribution is -0.116. The molecule has 1 heterocycles. The highest BCUT2D eigenvalue weighted by molar-refractivity contribution is 7.98. The Labute approximate surface area is 173 Å². The van der Waals surface area contributed by atoms with Crippen molar-refractivity contribution in [2.45, 2.75) is 24.3 Å². The van der Waals surface area contributed by atoms with Gasteiger partial charge in [-0.1, -0.05) is 55.1 Å². The second kappa shape index (κ2) is 9.88. The van der Waals surface area contributed by atoms with E-state index in [2.05, 4.69) is 20.5 Å². The van der Waals surface area contributed by atoms with E-state index in [4.69, 9.17) is 0 Å². The first-order chi connectivity index (χ1) is 14.1. The van der Waals surface area contributed by atoms with E-state index < -0.39 is 0 Å². The minimum absolute atomic E-state index is 0.0273. The third-order valence-electron chi connectivity index (χ3n) is 4.40. The Bertz CT molecular complexity index is 975. The van der Waals surface area contributed by atoms with Crippen molar-refractivity contribution in [3.8, 4) is 0 Å². The van der Waals surface area contributed by atoms with Gasteiger partial charge in [0.25, 0.3) is 5.91 Å². The molecule has 7 nitrogen and oxygen atoms in total. The Kier molecular flexibility index (Phi) is 7.02. The number of amides is 2. The fourth-order valence-electron chi connectivity index (χ4n) is 2.90. The average Bonchev–Trinajstić information content (AvgIpc) is 3.26. The number of para-hydroxylation sites is 1. The number of nitrogens with zero attached hydrogens (tertiary/aromatic N) is 3. The highest BCUT2D eigenvalue weighted by Gasteiger charge is 2.18. The van der Waals surface area contributed by atoms with Crippen LogP contribution in [0.2, 0.25) is 0 Å². The molecular formula is C21H23N5O2S. The van der Waals surface area contributed by atoms with E-state index in [0.29, 0.717) is 16.5 Å². The van der Waals surface area contributed by atoms with Crippen LogP contribution in [0.3, 0.4) is 0 Å². The van der Waals surface area contributed by atoms with Crippen LogP contribution in [0.1, 0.15) is 28.4 Å². The van der Waals surface area contributed by atoms with Crippen LogP contribution in [0, 0.1) is 0 Å². The maximum atomic E-state index is 12.9. The molecule has 0 radical (unpaired) electrons. The second-order valence-electron chi connectivity index (χ2n) is 6.46. The number of aromatic nitrogens is 3. The number of thioether (sulfide) groups is 1. The van der Waals surface area contributed by atoms with Crippen LogP contribution in [-0.2, 0) is 17.0 Å². The molecule has 150 valence electrons. The lowest BCUT2D eigenvalue weighted by Crippen LogP contribution is -2.35. The largest absolute Gasteiger partial charge is 0.332 e. The molecule has 0 fully saturated rings. The van der Waals surface area contributed by atoms with Gasteiger partial charge in [-0.25, -0.2) is 4.98 Å². The molecule has 0 bridgehead atoms. The zero-order chi connectivity index (χ0) is 20.6. The number of hydrogen-bond donors (Lipinski definition) is 2. The van der Waals surface area contributed by atoms with Gasteiger partial charge in [0.1, 0.15) is 6.33 Å². The Morgan fingerprint density at radius 3 is 2.55 bits per heavy atom. The predicted octanol–water partition coefficient (Wildman–Crippen LogP) is 3.37. The van der Waals surface area contributed by atoms with E-state index in [1.807, 2.05) is 49.4 Å². The monoisotopic (exact) mass is 409 g/mol. The Hall–Kier alpha value is -3.13. The van der Waals surface area contributed by atoms with Gasteiger partial charge in [-0.15, -0.1) is 0 Å². The summed E-state index contributed by atoms with van der Waals surface area (Å²) < 4.78 is 0. The number of carbonyl (C=O) groups excluding carboxylic acids is 2. The normalized spacial score (nSPS) is 10.6. The van der Waals surface area contributed by atoms with E-state index in [0.717, 1.165) is 23.2 Å². The molecular weight excluding hydrogens is 386 g/mol. The van der Waals surface area contributed by atoms with Crippen LogP contribution in [0.4, 0.5) is 5.69 Å². The molecule has 0 saturated heterocycles. The molecule has 2 aromatic carbocycles. The second-order valence-corrected chi connectivity index (χ2v) is 7.42. The van der Waals surface area contributed by atoms with Gasteiger partial charge in [0.05, 0.1) is 6.54 Å². The van der Waals surface area contributed by atoms with Crippen molar-refractivity contribution in [3.63, 3.8) is 0 Å². The number of anilines is 1. The number of aromatic amines is 1. The van der Waals surface area contributed by atoms with Crippen molar-refractivity contribution >= 4 is 29.3 Å². The summed E-state index contributed by atoms with van der Waals surface area (Å²) in [5.74, 6) is 0.147. The third kappa shape index (κ3) is 5.45. The fraction of sp³-hybridized carbons (Fsp3) is 0.238. The smallest absolute Gasteiger partial charge is 0.254 e. The number of nitrogens with one attached hydrogen (secondary N) is 2. The SMILES string of the molecule is CCc1ccccc1NC(=O)CN(C)C(=O)c1ccccc1CSc1ncn[nH]1. The predicted molar refractivity (Wildman–Crippen MR) is 114 cm³/mol. The maximum Gasteiger partial charge on any atom is 0.254 e. The summed E-state index contributed by atoms with van der Waals surface area (Å²) in [6, 6.07) is 15.1. The molecule has 0 aliphatic carbocycles. The highest BCUT2D eigenvalue weighted by Crippen LogP contribution is 2.22. The molecule has 2 N–H and O–H groups in total. The van der Waals surface area contributed by atoms with Gasteiger partial charge >= 0.3 is 0 Å². The summed E-state index contributed by atoms with van der Waals surface area (Å²) in [6.07, 6.45) is 2.27. The van der Waals surface area contributed by atoms with E-state index >= 15 is 0 Å². The van der Waals surface area contributed by atoms with E-state index in [1.165, 1.54) is 23.0 Å². The number of carbonyl (C=O) groups is 2. The van der Waals surface area contributed by atoms with Crippen molar-refractivity contribution < 1.29 is 9.59 Å². The van der Waals surface area contributed by atoms with Gasteiger partial charge < -0.3 is 10.2 Å². The molecule has 0 atom stereocenters. The molecule has 0 aliphatic heterocycles. The molecule has 1 aromatic heterocycles. The zero-order valence-corrected chi connectivity index (χ0v) is 17.2. The zero-order valence-electron chi connectivity index (χ0n) is 16.4. The van der Waals surface area contributed by atoms with E-state index in [1.54, 1.807) is 13.1 Å². The Morgan fingerprint density at radius 1 is 1.10 bits per heavy atom. The Morgan fingerprint density at radius 2 is 1.83 bits per heavy atom. The van der Waals surface area contributed by atoms with Gasteiger partial charge in [-0.2, -0.15) is 5.10 Å². The molecule has 3 aromatic rings. The summed E-state index contributed by atoms with van der Waals surface area (Å²) >= 11 is 1.46. The molecule has 0 saturated carbocycles.